The number of nitrogens with two attached hydrogens (primary N) is 1. The first-order chi connectivity index (χ1) is 32.4. The Morgan fingerprint density at radius 1 is 0.957 bits per heavy atom. The number of methoxy groups -OCH3 is 2. The maximum absolute atomic E-state index is 14.2. The highest BCUT2D eigenvalue weighted by Gasteiger charge is 2.51. The van der Waals surface area contributed by atoms with Crippen LogP contribution in [0.2, 0.25) is 0 Å². The second-order valence-electron chi connectivity index (χ2n) is 20.6. The number of nitrogens with zero attached hydrogens (tertiary/aromatic N) is 2. The van der Waals surface area contributed by atoms with Gasteiger partial charge in [0.15, 0.2) is 5.78 Å². The Bertz CT molecular complexity index is 1920. The van der Waals surface area contributed by atoms with E-state index >= 15 is 0 Å². The molecule has 0 aromatic carbocycles. The summed E-state index contributed by atoms with van der Waals surface area (Å²) in [4.78, 5) is 56.4. The van der Waals surface area contributed by atoms with Gasteiger partial charge in [-0.3, -0.25) is 14.4 Å². The average molecular weight is 992 g/mol. The summed E-state index contributed by atoms with van der Waals surface area (Å²) in [6, 6.07) is -1.84. The van der Waals surface area contributed by atoms with Gasteiger partial charge in [0.05, 0.1) is 18.5 Å². The van der Waals surface area contributed by atoms with Gasteiger partial charge in [0.25, 0.3) is 11.7 Å². The SMILES string of the molecule is CCS(=O)(=O)N(C)C(C)/C(C)=C/C=C/C=C/[C@@H](C)CC(C)C(=O)[C@H](OC)C(O)/C(C)=C/[C@@H](N)CC[C@H](OC(=O)C1CCCCN1C(=O)C(=O)C1(O)OCCCC1C)[C@H](C)CC1CC[C@@H](C)C(OC)C1. The van der Waals surface area contributed by atoms with E-state index in [-0.39, 0.29) is 48.7 Å². The molecule has 3 rings (SSSR count). The molecule has 1 amide bonds. The molecule has 0 bridgehead atoms. The number of aliphatic hydroxyl groups excluding tert-OH is 1. The number of sulfonamides is 1. The lowest BCUT2D eigenvalue weighted by atomic mass is 9.76. The Balaban J connectivity index is 1.70. The largest absolute Gasteiger partial charge is 0.461 e. The maximum Gasteiger partial charge on any atom is 0.329 e. The minimum Gasteiger partial charge on any atom is -0.461 e. The van der Waals surface area contributed by atoms with E-state index in [0.717, 1.165) is 31.3 Å². The van der Waals surface area contributed by atoms with Gasteiger partial charge in [-0.05, 0) is 134 Å². The zero-order valence-corrected chi connectivity index (χ0v) is 44.7. The van der Waals surface area contributed by atoms with Crippen LogP contribution in [0, 0.1) is 35.5 Å². The van der Waals surface area contributed by atoms with Crippen LogP contribution in [0.15, 0.2) is 47.6 Å². The van der Waals surface area contributed by atoms with E-state index in [2.05, 4.69) is 13.8 Å². The van der Waals surface area contributed by atoms with Gasteiger partial charge in [0, 0.05) is 51.7 Å². The number of Topliss-reactive ketones (excluding diaryl/α,β-unsaturated/α-hetero) is 2. The number of aliphatic hydroxyl groups is 2. The molecule has 15 nitrogen and oxygen atoms in total. The molecule has 0 spiro atoms. The lowest BCUT2D eigenvalue weighted by Crippen LogP contribution is -2.59. The summed E-state index contributed by atoms with van der Waals surface area (Å²) in [5.41, 5.74) is 8.08. The monoisotopic (exact) mass is 992 g/mol. The molecule has 1 aliphatic carbocycles. The lowest BCUT2D eigenvalue weighted by molar-refractivity contribution is -0.241. The van der Waals surface area contributed by atoms with E-state index in [1.54, 1.807) is 41.0 Å². The zero-order chi connectivity index (χ0) is 51.8. The first-order valence-corrected chi connectivity index (χ1v) is 27.1. The first kappa shape index (κ1) is 60.2. The van der Waals surface area contributed by atoms with Crippen molar-refractivity contribution < 1.29 is 56.8 Å². The summed E-state index contributed by atoms with van der Waals surface area (Å²) in [6.07, 6.45) is 16.2. The molecule has 0 aromatic heterocycles. The fourth-order valence-electron chi connectivity index (χ4n) is 10.2. The van der Waals surface area contributed by atoms with Crippen molar-refractivity contribution in [1.82, 2.24) is 9.21 Å². The number of hydrogen-bond donors (Lipinski definition) is 3. The number of hydrogen-bond acceptors (Lipinski definition) is 13. The molecule has 0 radical (unpaired) electrons. The first-order valence-electron chi connectivity index (χ1n) is 25.5. The van der Waals surface area contributed by atoms with Crippen molar-refractivity contribution in [2.24, 2.45) is 41.2 Å². The van der Waals surface area contributed by atoms with Crippen molar-refractivity contribution >= 4 is 33.5 Å². The molecule has 4 N–H and O–H groups in total. The number of allylic oxidation sites excluding steroid dienone is 5. The summed E-state index contributed by atoms with van der Waals surface area (Å²) < 4.78 is 49.1. The smallest absolute Gasteiger partial charge is 0.329 e. The molecular weight excluding hydrogens is 903 g/mol. The molecule has 8 unspecified atom stereocenters. The van der Waals surface area contributed by atoms with Gasteiger partial charge in [-0.25, -0.2) is 13.2 Å². The van der Waals surface area contributed by atoms with Gasteiger partial charge >= 0.3 is 5.97 Å². The summed E-state index contributed by atoms with van der Waals surface area (Å²) in [5.74, 6) is -5.29. The maximum atomic E-state index is 14.2. The third kappa shape index (κ3) is 17.0. The van der Waals surface area contributed by atoms with Crippen molar-refractivity contribution in [3.05, 3.63) is 47.6 Å². The van der Waals surface area contributed by atoms with Crippen LogP contribution < -0.4 is 5.73 Å². The summed E-state index contributed by atoms with van der Waals surface area (Å²) in [5, 5.41) is 22.6. The summed E-state index contributed by atoms with van der Waals surface area (Å²) in [6.45, 7) is 17.2. The molecule has 394 valence electrons. The Morgan fingerprint density at radius 2 is 1.65 bits per heavy atom. The van der Waals surface area contributed by atoms with Gasteiger partial charge in [0.1, 0.15) is 24.4 Å². The Labute approximate surface area is 414 Å². The molecule has 2 heterocycles. The van der Waals surface area contributed by atoms with Gasteiger partial charge in [-0.1, -0.05) is 76.6 Å². The highest BCUT2D eigenvalue weighted by molar-refractivity contribution is 7.89. The van der Waals surface area contributed by atoms with Gasteiger partial charge in [-0.2, -0.15) is 4.31 Å². The number of likely N-dealkylation sites (N-methyl/N-ethyl adjacent to an activating group) is 1. The minimum absolute atomic E-state index is 0.0300. The number of amides is 1. The topological polar surface area (TPSA) is 212 Å². The highest BCUT2D eigenvalue weighted by atomic mass is 32.2. The van der Waals surface area contributed by atoms with Crippen molar-refractivity contribution in [2.75, 3.05) is 40.2 Å². The average Bonchev–Trinajstić information content (AvgIpc) is 3.32. The van der Waals surface area contributed by atoms with Crippen LogP contribution in [0.25, 0.3) is 0 Å². The minimum atomic E-state index is -3.31. The molecule has 69 heavy (non-hydrogen) atoms. The van der Waals surface area contributed by atoms with Crippen LogP contribution in [-0.2, 0) is 48.1 Å². The van der Waals surface area contributed by atoms with E-state index in [0.29, 0.717) is 68.8 Å². The number of esters is 1. The number of ketones is 2. The predicted molar refractivity (Wildman–Crippen MR) is 269 cm³/mol. The van der Waals surface area contributed by atoms with E-state index in [9.17, 15) is 37.8 Å². The number of piperidine rings is 1. The van der Waals surface area contributed by atoms with Crippen LogP contribution in [0.1, 0.15) is 139 Å². The third-order valence-corrected chi connectivity index (χ3v) is 17.2. The predicted octanol–water partition coefficient (Wildman–Crippen LogP) is 6.85. The zero-order valence-electron chi connectivity index (χ0n) is 43.9. The second-order valence-corrected chi connectivity index (χ2v) is 22.9. The molecule has 3 fully saturated rings. The fourth-order valence-corrected chi connectivity index (χ4v) is 11.2. The third-order valence-electron chi connectivity index (χ3n) is 15.3. The van der Waals surface area contributed by atoms with Crippen molar-refractivity contribution in [3.8, 4) is 0 Å². The number of carbonyl (C=O) groups excluding carboxylic acids is 4. The quantitative estimate of drug-likeness (QED) is 0.0351. The van der Waals surface area contributed by atoms with Crippen LogP contribution in [0.3, 0.4) is 0 Å². The number of ether oxygens (including phenoxy) is 4. The number of likely N-dealkylation sites (tertiary alicyclic amines) is 1. The second kappa shape index (κ2) is 28.2. The van der Waals surface area contributed by atoms with Gasteiger partial charge < -0.3 is 39.8 Å². The van der Waals surface area contributed by atoms with Crippen molar-refractivity contribution in [3.63, 3.8) is 0 Å². The van der Waals surface area contributed by atoms with Crippen LogP contribution in [0.5, 0.6) is 0 Å². The van der Waals surface area contributed by atoms with Gasteiger partial charge in [0.2, 0.25) is 15.8 Å². The Morgan fingerprint density at radius 3 is 2.29 bits per heavy atom. The molecule has 3 aliphatic rings. The summed E-state index contributed by atoms with van der Waals surface area (Å²) in [7, 11) is 1.42. The molecule has 2 aliphatic heterocycles. The standard InChI is InChI=1S/C53H89N3O12S/c1-13-69(63,64)55(10)41(9)35(3)21-16-14-15-20-34(2)30-38(6)47(57)49(66-12)48(58)39(7)32-43(54)26-27-45(37(5)31-42-25-24-36(4)46(33-42)65-11)68-52(61)44-23-17-18-28-56(44)51(60)50(59)53(62)40(8)22-19-29-67-53/h14-16,20-21,32,34,36-38,40-46,48-49,58,62H,13,17-19,22-31,33,54H2,1-12H3/b16-14+,20-15+,35-21+,39-32+/t34-,36-,37-,38?,40?,41?,42?,43+,44?,45+,46?,48?,49+,53?/m1/s1. The molecular formula is C53H89N3O12S. The highest BCUT2D eigenvalue weighted by Crippen LogP contribution is 2.37. The molecule has 14 atom stereocenters. The van der Waals surface area contributed by atoms with Crippen LogP contribution in [0.4, 0.5) is 0 Å². The van der Waals surface area contributed by atoms with Crippen LogP contribution in [-0.4, -0.2) is 140 Å². The van der Waals surface area contributed by atoms with E-state index in [1.165, 1.54) is 16.3 Å². The van der Waals surface area contributed by atoms with Gasteiger partial charge in [-0.15, -0.1) is 0 Å². The number of carbonyl (C=O) groups is 4. The molecule has 0 aromatic rings. The lowest BCUT2D eigenvalue weighted by Gasteiger charge is -2.40. The molecule has 16 heteroatoms. The van der Waals surface area contributed by atoms with Crippen LogP contribution >= 0.6 is 0 Å². The fraction of sp³-hybridized carbons (Fsp3) is 0.774. The Hall–Kier alpha value is -3.09. The summed E-state index contributed by atoms with van der Waals surface area (Å²) >= 11 is 0. The molecule has 1 saturated carbocycles. The van der Waals surface area contributed by atoms with Crippen molar-refractivity contribution in [2.45, 2.75) is 188 Å². The van der Waals surface area contributed by atoms with E-state index < -0.39 is 75.7 Å². The van der Waals surface area contributed by atoms with E-state index in [4.69, 9.17) is 24.7 Å². The van der Waals surface area contributed by atoms with Crippen molar-refractivity contribution in [1.29, 1.82) is 0 Å². The molecule has 2 saturated heterocycles. The Kier molecular flexibility index (Phi) is 24.6. The van der Waals surface area contributed by atoms with E-state index in [1.807, 2.05) is 58.1 Å². The normalized spacial score (nSPS) is 27.9. The number of rotatable bonds is 26.